The number of sulfonamides is 1. The van der Waals surface area contributed by atoms with Gasteiger partial charge in [0.05, 0.1) is 0 Å². The lowest BCUT2D eigenvalue weighted by Crippen LogP contribution is -2.45. The molecule has 27 heavy (non-hydrogen) atoms. The Labute approximate surface area is 162 Å². The van der Waals surface area contributed by atoms with Crippen LogP contribution in [0.3, 0.4) is 0 Å². The Morgan fingerprint density at radius 3 is 2.52 bits per heavy atom. The molecule has 1 aromatic carbocycles. The summed E-state index contributed by atoms with van der Waals surface area (Å²) in [5.41, 5.74) is 0.806. The molecule has 1 heterocycles. The molecule has 1 amide bonds. The standard InChI is InChI=1S/C19H30N4O3S/c1-22-13-15-23(16-14-22)12-5-10-20-19(24)8-11-21-27(25,26)17-9-18-6-3-2-4-7-18/h2-4,6-7,9,17,21H,5,8,10-16H2,1H3,(H,20,24)/b17-9+. The molecule has 0 saturated carbocycles. The molecule has 7 nitrogen and oxygen atoms in total. The highest BCUT2D eigenvalue weighted by Gasteiger charge is 2.13. The van der Waals surface area contributed by atoms with Crippen molar-refractivity contribution < 1.29 is 13.2 Å². The molecule has 0 spiro atoms. The summed E-state index contributed by atoms with van der Waals surface area (Å²) in [4.78, 5) is 16.5. The number of benzene rings is 1. The number of piperazine rings is 1. The van der Waals surface area contributed by atoms with Gasteiger partial charge < -0.3 is 15.1 Å². The number of nitrogens with one attached hydrogen (secondary N) is 2. The van der Waals surface area contributed by atoms with Gasteiger partial charge in [0.15, 0.2) is 0 Å². The van der Waals surface area contributed by atoms with Crippen molar-refractivity contribution in [2.24, 2.45) is 0 Å². The maximum atomic E-state index is 11.9. The molecule has 0 bridgehead atoms. The fraction of sp³-hybridized carbons (Fsp3) is 0.526. The zero-order valence-corrected chi connectivity index (χ0v) is 16.7. The molecule has 0 radical (unpaired) electrons. The van der Waals surface area contributed by atoms with Gasteiger partial charge in [-0.15, -0.1) is 0 Å². The van der Waals surface area contributed by atoms with E-state index < -0.39 is 10.0 Å². The smallest absolute Gasteiger partial charge is 0.233 e. The number of carbonyl (C=O) groups is 1. The molecule has 1 aromatic rings. The normalized spacial score (nSPS) is 16.6. The molecule has 2 N–H and O–H groups in total. The second-order valence-electron chi connectivity index (χ2n) is 6.75. The van der Waals surface area contributed by atoms with E-state index in [-0.39, 0.29) is 18.9 Å². The first kappa shape index (κ1) is 21.6. The molecule has 8 heteroatoms. The first-order valence-corrected chi connectivity index (χ1v) is 10.9. The van der Waals surface area contributed by atoms with E-state index in [1.807, 2.05) is 30.3 Å². The molecule has 0 aliphatic carbocycles. The number of hydrogen-bond acceptors (Lipinski definition) is 5. The highest BCUT2D eigenvalue weighted by atomic mass is 32.2. The summed E-state index contributed by atoms with van der Waals surface area (Å²) in [5.74, 6) is -0.136. The lowest BCUT2D eigenvalue weighted by molar-refractivity contribution is -0.120. The van der Waals surface area contributed by atoms with Gasteiger partial charge in [0.1, 0.15) is 0 Å². The largest absolute Gasteiger partial charge is 0.356 e. The van der Waals surface area contributed by atoms with Gasteiger partial charge in [0.25, 0.3) is 0 Å². The third-order valence-corrected chi connectivity index (χ3v) is 5.56. The molecular weight excluding hydrogens is 364 g/mol. The van der Waals surface area contributed by atoms with Crippen molar-refractivity contribution in [3.8, 4) is 0 Å². The minimum atomic E-state index is -3.54. The zero-order valence-electron chi connectivity index (χ0n) is 15.9. The van der Waals surface area contributed by atoms with Crippen LogP contribution in [0.2, 0.25) is 0 Å². The van der Waals surface area contributed by atoms with Gasteiger partial charge >= 0.3 is 0 Å². The van der Waals surface area contributed by atoms with Crippen molar-refractivity contribution in [3.63, 3.8) is 0 Å². The minimum Gasteiger partial charge on any atom is -0.356 e. The van der Waals surface area contributed by atoms with E-state index in [4.69, 9.17) is 0 Å². The van der Waals surface area contributed by atoms with Gasteiger partial charge in [-0.05, 0) is 31.7 Å². The number of amides is 1. The van der Waals surface area contributed by atoms with Crippen molar-refractivity contribution in [1.82, 2.24) is 19.8 Å². The monoisotopic (exact) mass is 394 g/mol. The molecule has 1 fully saturated rings. The number of rotatable bonds is 10. The predicted octanol–water partition coefficient (Wildman–Crippen LogP) is 0.721. The second kappa shape index (κ2) is 11.2. The van der Waals surface area contributed by atoms with E-state index in [1.165, 1.54) is 6.08 Å². The van der Waals surface area contributed by atoms with Crippen molar-refractivity contribution in [1.29, 1.82) is 0 Å². The first-order chi connectivity index (χ1) is 12.9. The molecule has 1 saturated heterocycles. The second-order valence-corrected chi connectivity index (χ2v) is 8.40. The molecule has 0 unspecified atom stereocenters. The van der Waals surface area contributed by atoms with Crippen molar-refractivity contribution in [2.45, 2.75) is 12.8 Å². The van der Waals surface area contributed by atoms with Crippen LogP contribution in [0, 0.1) is 0 Å². The van der Waals surface area contributed by atoms with Gasteiger partial charge in [-0.2, -0.15) is 0 Å². The van der Waals surface area contributed by atoms with Gasteiger partial charge in [-0.1, -0.05) is 30.3 Å². The van der Waals surface area contributed by atoms with Crippen molar-refractivity contribution >= 4 is 22.0 Å². The summed E-state index contributed by atoms with van der Waals surface area (Å²) in [7, 11) is -1.41. The average Bonchev–Trinajstić information content (AvgIpc) is 2.66. The van der Waals surface area contributed by atoms with Crippen molar-refractivity contribution in [3.05, 3.63) is 41.3 Å². The summed E-state index contributed by atoms with van der Waals surface area (Å²) < 4.78 is 26.2. The maximum absolute atomic E-state index is 11.9. The van der Waals surface area contributed by atoms with Gasteiger partial charge in [0, 0.05) is 51.1 Å². The SMILES string of the molecule is CN1CCN(CCCNC(=O)CCNS(=O)(=O)/C=C/c2ccccc2)CC1. The quantitative estimate of drug-likeness (QED) is 0.572. The van der Waals surface area contributed by atoms with Crippen LogP contribution in [-0.4, -0.2) is 77.0 Å². The van der Waals surface area contributed by atoms with Crippen LogP contribution in [0.5, 0.6) is 0 Å². The molecule has 0 aromatic heterocycles. The highest BCUT2D eigenvalue weighted by molar-refractivity contribution is 7.92. The number of hydrogen-bond donors (Lipinski definition) is 2. The molecular formula is C19H30N4O3S. The fourth-order valence-electron chi connectivity index (χ4n) is 2.78. The Kier molecular flexibility index (Phi) is 8.93. The number of likely N-dealkylation sites (N-methyl/N-ethyl adjacent to an activating group) is 1. The predicted molar refractivity (Wildman–Crippen MR) is 109 cm³/mol. The summed E-state index contributed by atoms with van der Waals surface area (Å²) in [6.07, 6.45) is 2.56. The van der Waals surface area contributed by atoms with Crippen LogP contribution < -0.4 is 10.0 Å². The van der Waals surface area contributed by atoms with Gasteiger partial charge in [0.2, 0.25) is 15.9 Å². The van der Waals surface area contributed by atoms with Crippen LogP contribution in [0.1, 0.15) is 18.4 Å². The molecule has 1 aliphatic rings. The Bertz CT molecular complexity index is 699. The lowest BCUT2D eigenvalue weighted by atomic mass is 10.2. The summed E-state index contributed by atoms with van der Waals surface area (Å²) in [6, 6.07) is 9.19. The Morgan fingerprint density at radius 2 is 1.81 bits per heavy atom. The molecule has 0 atom stereocenters. The molecule has 150 valence electrons. The lowest BCUT2D eigenvalue weighted by Gasteiger charge is -2.32. The first-order valence-electron chi connectivity index (χ1n) is 9.35. The van der Waals surface area contributed by atoms with Crippen molar-refractivity contribution in [2.75, 3.05) is 52.9 Å². The van der Waals surface area contributed by atoms with E-state index in [2.05, 4.69) is 26.9 Å². The van der Waals surface area contributed by atoms with Gasteiger partial charge in [-0.3, -0.25) is 4.79 Å². The topological polar surface area (TPSA) is 81.8 Å². The minimum absolute atomic E-state index is 0.0890. The maximum Gasteiger partial charge on any atom is 0.233 e. The third-order valence-electron chi connectivity index (χ3n) is 4.46. The summed E-state index contributed by atoms with van der Waals surface area (Å²) >= 11 is 0. The number of nitrogens with zero attached hydrogens (tertiary/aromatic N) is 2. The van der Waals surface area contributed by atoms with E-state index in [0.29, 0.717) is 6.54 Å². The van der Waals surface area contributed by atoms with Gasteiger partial charge in [-0.25, -0.2) is 13.1 Å². The fourth-order valence-corrected chi connectivity index (χ4v) is 3.60. The van der Waals surface area contributed by atoms with E-state index in [0.717, 1.165) is 50.1 Å². The molecule has 1 aliphatic heterocycles. The zero-order chi connectivity index (χ0) is 19.5. The Morgan fingerprint density at radius 1 is 1.11 bits per heavy atom. The highest BCUT2D eigenvalue weighted by Crippen LogP contribution is 2.03. The summed E-state index contributed by atoms with van der Waals surface area (Å²) in [6.45, 7) is 6.00. The third kappa shape index (κ3) is 9.14. The van der Waals surface area contributed by atoms with Crippen LogP contribution in [0.15, 0.2) is 35.7 Å². The summed E-state index contributed by atoms with van der Waals surface area (Å²) in [5, 5.41) is 3.97. The number of carbonyl (C=O) groups excluding carboxylic acids is 1. The van der Waals surface area contributed by atoms with E-state index >= 15 is 0 Å². The average molecular weight is 395 g/mol. The molecule has 2 rings (SSSR count). The van der Waals surface area contributed by atoms with E-state index in [1.54, 1.807) is 0 Å². The Hall–Kier alpha value is -1.74. The van der Waals surface area contributed by atoms with Crippen LogP contribution >= 0.6 is 0 Å². The van der Waals surface area contributed by atoms with E-state index in [9.17, 15) is 13.2 Å². The Balaban J connectivity index is 1.56. The van der Waals surface area contributed by atoms with Crippen LogP contribution in [0.4, 0.5) is 0 Å². The van der Waals surface area contributed by atoms with Crippen LogP contribution in [0.25, 0.3) is 6.08 Å². The van der Waals surface area contributed by atoms with Crippen LogP contribution in [-0.2, 0) is 14.8 Å².